The van der Waals surface area contributed by atoms with E-state index in [4.69, 9.17) is 15.7 Å². The monoisotopic (exact) mass is 623 g/mol. The normalized spacial score (nSPS) is 24.1. The van der Waals surface area contributed by atoms with Crippen LogP contribution in [0.25, 0.3) is 0 Å². The molecular weight excluding hydrogens is 598 g/mol. The van der Waals surface area contributed by atoms with E-state index >= 15 is 0 Å². The van der Waals surface area contributed by atoms with Crippen LogP contribution in [0.5, 0.6) is 0 Å². The number of amidine groups is 1. The molecule has 5 rings (SSSR count). The van der Waals surface area contributed by atoms with Crippen molar-refractivity contribution in [1.29, 1.82) is 0 Å². The van der Waals surface area contributed by atoms with Crippen molar-refractivity contribution in [2.45, 2.75) is 43.2 Å². The van der Waals surface area contributed by atoms with Gasteiger partial charge in [0.2, 0.25) is 0 Å². The number of nitrogens with one attached hydrogen (secondary N) is 3. The number of aromatic nitrogens is 1. The number of aliphatic carboxylic acids is 2. The summed E-state index contributed by atoms with van der Waals surface area (Å²) in [7, 11) is 0. The molecule has 4 aliphatic rings. The maximum atomic E-state index is 13.3. The molecule has 3 atom stereocenters. The second-order valence-corrected chi connectivity index (χ2v) is 11.9. The molecule has 4 heterocycles. The second kappa shape index (κ2) is 12.4. The Morgan fingerprint density at radius 2 is 2.17 bits per heavy atom. The molecule has 2 unspecified atom stereocenters. The Morgan fingerprint density at radius 3 is 2.85 bits per heavy atom. The molecule has 1 fully saturated rings. The van der Waals surface area contributed by atoms with E-state index < -0.39 is 35.2 Å². The first-order valence-corrected chi connectivity index (χ1v) is 15.1. The number of carboxylic acid groups (broad SMARTS) is 2. The summed E-state index contributed by atoms with van der Waals surface area (Å²) >= 11 is 3.55. The number of carbonyl (C=O) groups excluding carboxylic acids is 2. The molecule has 0 bridgehead atoms. The van der Waals surface area contributed by atoms with Crippen LogP contribution in [0.4, 0.5) is 5.13 Å². The fourth-order valence-corrected chi connectivity index (χ4v) is 7.11. The highest BCUT2D eigenvalue weighted by atomic mass is 32.2. The van der Waals surface area contributed by atoms with Crippen LogP contribution in [0.15, 0.2) is 39.1 Å². The Balaban J connectivity index is 1.25. The number of fused-ring (bicyclic) bond motifs is 1. The summed E-state index contributed by atoms with van der Waals surface area (Å²) in [5, 5.41) is 30.5. The number of hydrogen-bond acceptors (Lipinski definition) is 15. The first-order chi connectivity index (χ1) is 19.7. The predicted octanol–water partition coefficient (Wildman–Crippen LogP) is 0.0545. The van der Waals surface area contributed by atoms with Crippen molar-refractivity contribution in [3.05, 3.63) is 34.5 Å². The van der Waals surface area contributed by atoms with Gasteiger partial charge in [-0.05, 0) is 42.9 Å². The quantitative estimate of drug-likeness (QED) is 0.0630. The molecule has 7 N–H and O–H groups in total. The van der Waals surface area contributed by atoms with Gasteiger partial charge in [0.25, 0.3) is 11.8 Å². The molecule has 1 saturated heterocycles. The van der Waals surface area contributed by atoms with Crippen molar-refractivity contribution in [3.63, 3.8) is 0 Å². The van der Waals surface area contributed by atoms with Gasteiger partial charge in [0.1, 0.15) is 35.3 Å². The summed E-state index contributed by atoms with van der Waals surface area (Å²) in [6.45, 7) is 0. The minimum atomic E-state index is -1.27. The summed E-state index contributed by atoms with van der Waals surface area (Å²) in [4.78, 5) is 60.3. The number of thioether (sulfide) groups is 1. The molecule has 0 spiro atoms. The Morgan fingerprint density at radius 1 is 1.34 bits per heavy atom. The Hall–Kier alpha value is -3.81. The van der Waals surface area contributed by atoms with E-state index in [1.165, 1.54) is 16.3 Å². The molecule has 0 radical (unpaired) electrons. The third-order valence-electron chi connectivity index (χ3n) is 6.20. The van der Waals surface area contributed by atoms with E-state index in [2.05, 4.69) is 31.5 Å². The van der Waals surface area contributed by atoms with Gasteiger partial charge < -0.3 is 26.1 Å². The molecule has 3 aliphatic heterocycles. The highest BCUT2D eigenvalue weighted by Gasteiger charge is 2.54. The molecule has 16 nitrogen and oxygen atoms in total. The lowest BCUT2D eigenvalue weighted by Crippen LogP contribution is -2.71. The molecule has 1 aromatic rings. The molecule has 2 amide bonds. The van der Waals surface area contributed by atoms with E-state index in [1.807, 2.05) is 12.2 Å². The first-order valence-electron chi connectivity index (χ1n) is 12.3. The van der Waals surface area contributed by atoms with Gasteiger partial charge in [-0.3, -0.25) is 24.7 Å². The van der Waals surface area contributed by atoms with Crippen LogP contribution in [0.1, 0.15) is 31.4 Å². The highest BCUT2D eigenvalue weighted by Crippen LogP contribution is 2.41. The second-order valence-electron chi connectivity index (χ2n) is 9.04. The lowest BCUT2D eigenvalue weighted by molar-refractivity contribution is -0.150. The average molecular weight is 624 g/mol. The molecule has 218 valence electrons. The van der Waals surface area contributed by atoms with Crippen molar-refractivity contribution in [1.82, 2.24) is 30.7 Å². The number of carbonyl (C=O) groups is 4. The highest BCUT2D eigenvalue weighted by molar-refractivity contribution is 8.00. The van der Waals surface area contributed by atoms with Crippen molar-refractivity contribution in [3.8, 4) is 0 Å². The summed E-state index contributed by atoms with van der Waals surface area (Å²) in [6.07, 6.45) is 5.86. The zero-order valence-corrected chi connectivity index (χ0v) is 23.6. The van der Waals surface area contributed by atoms with Crippen molar-refractivity contribution in [2.75, 3.05) is 17.2 Å². The topological polar surface area (TPSA) is 224 Å². The zero-order chi connectivity index (χ0) is 29.1. The van der Waals surface area contributed by atoms with Gasteiger partial charge in [-0.2, -0.15) is 0 Å². The zero-order valence-electron chi connectivity index (χ0n) is 21.2. The van der Waals surface area contributed by atoms with Crippen LogP contribution < -0.4 is 22.0 Å². The average Bonchev–Trinajstić information content (AvgIpc) is 3.58. The SMILES string of the molecule is Nc1nc(C(=NOC2C=CCCC2)C(=O)NC2C(=O)N3C(C(=O)O)=C(CSN4NN=C(CC(=O)O)N4)CS[C@@H]23)cs1. The Labute approximate surface area is 245 Å². The number of rotatable bonds is 11. The maximum absolute atomic E-state index is 13.3. The predicted molar refractivity (Wildman–Crippen MR) is 151 cm³/mol. The molecule has 0 saturated carbocycles. The van der Waals surface area contributed by atoms with Gasteiger partial charge in [0.05, 0.1) is 0 Å². The number of carboxylic acids is 2. The standard InChI is InChI=1S/C22H25N9O7S3/c23-22-24-12(9-40-22)15(28-38-11-4-2-1-3-5-11)18(34)25-16-19(35)30-17(21(36)37)10(7-39-20(16)30)8-41-31-27-13(26-29-31)6-14(32)33/h2,4,9,11,16,20,29H,1,3,5-8H2,(H2,23,24)(H,25,34)(H,26,27)(H,32,33)(H,36,37)/t11?,16?,20-/m0/s1. The van der Waals surface area contributed by atoms with E-state index in [9.17, 15) is 24.3 Å². The lowest BCUT2D eigenvalue weighted by Gasteiger charge is -2.49. The number of β-lactam (4-membered cyclic amide) rings is 1. The van der Waals surface area contributed by atoms with Crippen molar-refractivity contribution < 1.29 is 34.2 Å². The summed E-state index contributed by atoms with van der Waals surface area (Å²) in [5.41, 5.74) is 11.5. The number of nitrogens with two attached hydrogens (primary N) is 1. The van der Waals surface area contributed by atoms with Gasteiger partial charge in [0, 0.05) is 16.9 Å². The fraction of sp³-hybridized carbons (Fsp3) is 0.409. The first kappa shape index (κ1) is 28.7. The number of nitrogens with zero attached hydrogens (tertiary/aromatic N) is 5. The lowest BCUT2D eigenvalue weighted by atomic mass is 10.0. The van der Waals surface area contributed by atoms with Crippen LogP contribution in [-0.4, -0.2) is 88.9 Å². The van der Waals surface area contributed by atoms with E-state index in [-0.39, 0.29) is 52.1 Å². The number of anilines is 1. The number of hydrogen-bond donors (Lipinski definition) is 6. The van der Waals surface area contributed by atoms with Gasteiger partial charge in [-0.15, -0.1) is 28.2 Å². The number of thiazole rings is 1. The van der Waals surface area contributed by atoms with Gasteiger partial charge in [-0.1, -0.05) is 15.8 Å². The van der Waals surface area contributed by atoms with Gasteiger partial charge in [0.15, 0.2) is 16.7 Å². The Kier molecular flexibility index (Phi) is 8.66. The summed E-state index contributed by atoms with van der Waals surface area (Å²) in [6, 6.07) is -0.985. The van der Waals surface area contributed by atoms with E-state index in [1.54, 1.807) is 5.38 Å². The molecule has 19 heteroatoms. The number of oxime groups is 1. The van der Waals surface area contributed by atoms with Crippen LogP contribution in [-0.2, 0) is 24.0 Å². The Bertz CT molecular complexity index is 1380. The maximum Gasteiger partial charge on any atom is 0.352 e. The molecule has 41 heavy (non-hydrogen) atoms. The van der Waals surface area contributed by atoms with Crippen LogP contribution in [0.2, 0.25) is 0 Å². The number of hydrazone groups is 1. The van der Waals surface area contributed by atoms with E-state index in [0.29, 0.717) is 5.57 Å². The van der Waals surface area contributed by atoms with E-state index in [0.717, 1.165) is 47.4 Å². The van der Waals surface area contributed by atoms with Gasteiger partial charge >= 0.3 is 11.9 Å². The smallest absolute Gasteiger partial charge is 0.352 e. The van der Waals surface area contributed by atoms with Gasteiger partial charge in [-0.25, -0.2) is 15.3 Å². The van der Waals surface area contributed by atoms with Crippen LogP contribution >= 0.6 is 35.0 Å². The molecule has 1 aliphatic carbocycles. The van der Waals surface area contributed by atoms with Crippen LogP contribution in [0.3, 0.4) is 0 Å². The van der Waals surface area contributed by atoms with Crippen molar-refractivity contribution in [2.24, 2.45) is 10.3 Å². The third kappa shape index (κ3) is 6.42. The third-order valence-corrected chi connectivity index (χ3v) is 9.12. The number of hydrazine groups is 2. The summed E-state index contributed by atoms with van der Waals surface area (Å²) < 4.78 is 1.35. The number of nitrogen functional groups attached to an aromatic ring is 1. The molecule has 0 aromatic carbocycles. The minimum absolute atomic E-state index is 0.134. The largest absolute Gasteiger partial charge is 0.481 e. The van der Waals surface area contributed by atoms with Crippen LogP contribution in [0, 0.1) is 0 Å². The van der Waals surface area contributed by atoms with Crippen molar-refractivity contribution >= 4 is 75.5 Å². The number of amides is 2. The molecule has 1 aromatic heterocycles. The fourth-order valence-electron chi connectivity index (χ4n) is 4.29. The molecular formula is C22H25N9O7S3. The number of allylic oxidation sites excluding steroid dienone is 1. The summed E-state index contributed by atoms with van der Waals surface area (Å²) in [5.74, 6) is -2.96. The minimum Gasteiger partial charge on any atom is -0.481 e.